The molecule has 0 radical (unpaired) electrons. The van der Waals surface area contributed by atoms with Gasteiger partial charge in [0, 0.05) is 38.6 Å². The van der Waals surface area contributed by atoms with Crippen molar-refractivity contribution in [2.75, 3.05) is 53.1 Å². The van der Waals surface area contributed by atoms with Crippen LogP contribution in [0.1, 0.15) is 36.3 Å². The number of carboxylic acids is 1. The largest absolute Gasteiger partial charge is 0.480 e. The van der Waals surface area contributed by atoms with Crippen LogP contribution in [0.4, 0.5) is 4.79 Å². The second-order valence-electron chi connectivity index (χ2n) is 9.36. The van der Waals surface area contributed by atoms with Gasteiger partial charge in [-0.1, -0.05) is 48.5 Å². The van der Waals surface area contributed by atoms with Crippen molar-refractivity contribution in [3.8, 4) is 11.1 Å². The van der Waals surface area contributed by atoms with E-state index in [9.17, 15) is 14.7 Å². The Morgan fingerprint density at radius 2 is 1.63 bits per heavy atom. The summed E-state index contributed by atoms with van der Waals surface area (Å²) in [5.41, 5.74) is 4.99. The van der Waals surface area contributed by atoms with E-state index in [1.165, 1.54) is 22.3 Å². The summed E-state index contributed by atoms with van der Waals surface area (Å²) in [6.45, 7) is 4.48. The zero-order valence-electron chi connectivity index (χ0n) is 20.4. The van der Waals surface area contributed by atoms with Crippen LogP contribution in [0, 0.1) is 0 Å². The molecule has 8 nitrogen and oxygen atoms in total. The zero-order chi connectivity index (χ0) is 24.6. The molecule has 0 unspecified atom stereocenters. The highest BCUT2D eigenvalue weighted by Gasteiger charge is 2.28. The molecule has 1 fully saturated rings. The molecule has 1 atom stereocenters. The second-order valence-corrected chi connectivity index (χ2v) is 9.36. The maximum atomic E-state index is 12.2. The Balaban J connectivity index is 1.16. The summed E-state index contributed by atoms with van der Waals surface area (Å²) < 4.78 is 5.91. The lowest BCUT2D eigenvalue weighted by Crippen LogP contribution is -2.50. The quantitative estimate of drug-likeness (QED) is 0.338. The molecule has 0 aromatic heterocycles. The Morgan fingerprint density at radius 3 is 2.26 bits per heavy atom. The number of ether oxygens (including phenoxy) is 1. The van der Waals surface area contributed by atoms with Crippen LogP contribution < -0.4 is 10.6 Å². The summed E-state index contributed by atoms with van der Waals surface area (Å²) >= 11 is 0. The number of carbonyl (C=O) groups excluding carboxylic acids is 1. The van der Waals surface area contributed by atoms with E-state index >= 15 is 0 Å². The van der Waals surface area contributed by atoms with E-state index in [1.54, 1.807) is 0 Å². The minimum absolute atomic E-state index is 0.0329. The van der Waals surface area contributed by atoms with E-state index in [1.807, 2.05) is 17.0 Å². The molecule has 2 aromatic rings. The number of hydrogen-bond donors (Lipinski definition) is 3. The van der Waals surface area contributed by atoms with Crippen molar-refractivity contribution in [1.29, 1.82) is 0 Å². The molecular formula is C27H36N4O4. The number of hydrogen-bond acceptors (Lipinski definition) is 5. The number of likely N-dealkylation sites (N-methyl/N-ethyl adjacent to an activating group) is 1. The number of amides is 2. The van der Waals surface area contributed by atoms with Gasteiger partial charge in [-0.3, -0.25) is 10.1 Å². The first-order chi connectivity index (χ1) is 17.0. The van der Waals surface area contributed by atoms with E-state index in [-0.39, 0.29) is 18.7 Å². The normalized spacial score (nSPS) is 16.5. The molecule has 188 valence electrons. The van der Waals surface area contributed by atoms with Crippen LogP contribution in [0.2, 0.25) is 0 Å². The predicted octanol–water partition coefficient (Wildman–Crippen LogP) is 2.94. The van der Waals surface area contributed by atoms with Gasteiger partial charge in [-0.2, -0.15) is 0 Å². The minimum Gasteiger partial charge on any atom is -0.480 e. The van der Waals surface area contributed by atoms with Crippen LogP contribution in [0.3, 0.4) is 0 Å². The van der Waals surface area contributed by atoms with E-state index in [0.29, 0.717) is 26.0 Å². The van der Waals surface area contributed by atoms with E-state index < -0.39 is 12.0 Å². The van der Waals surface area contributed by atoms with Crippen LogP contribution >= 0.6 is 0 Å². The van der Waals surface area contributed by atoms with Crippen molar-refractivity contribution in [3.05, 3.63) is 59.7 Å². The fraction of sp³-hybridized carbons (Fsp3) is 0.481. The number of urea groups is 1. The van der Waals surface area contributed by atoms with Gasteiger partial charge in [0.2, 0.25) is 0 Å². The number of aliphatic carboxylic acids is 1. The molecule has 0 spiro atoms. The van der Waals surface area contributed by atoms with Crippen LogP contribution in [0.5, 0.6) is 0 Å². The minimum atomic E-state index is -0.883. The van der Waals surface area contributed by atoms with Gasteiger partial charge in [0.1, 0.15) is 6.04 Å². The molecule has 0 bridgehead atoms. The number of carboxylic acid groups (broad SMARTS) is 1. The molecule has 1 aliphatic carbocycles. The highest BCUT2D eigenvalue weighted by Crippen LogP contribution is 2.44. The molecule has 1 saturated heterocycles. The van der Waals surface area contributed by atoms with Gasteiger partial charge in [-0.15, -0.1) is 0 Å². The Labute approximate surface area is 207 Å². The number of unbranched alkanes of at least 4 members (excludes halogenated alkanes) is 1. The van der Waals surface area contributed by atoms with Gasteiger partial charge in [-0.25, -0.2) is 4.79 Å². The summed E-state index contributed by atoms with van der Waals surface area (Å²) in [7, 11) is 2.06. The maximum absolute atomic E-state index is 12.2. The van der Waals surface area contributed by atoms with Crippen LogP contribution in [-0.4, -0.2) is 86.1 Å². The molecular weight excluding hydrogens is 444 g/mol. The summed E-state index contributed by atoms with van der Waals surface area (Å²) in [6.07, 6.45) is 1.93. The monoisotopic (exact) mass is 480 g/mol. The summed E-state index contributed by atoms with van der Waals surface area (Å²) in [5, 5.41) is 15.6. The average Bonchev–Trinajstić information content (AvgIpc) is 3.19. The van der Waals surface area contributed by atoms with Gasteiger partial charge in [0.05, 0.1) is 13.3 Å². The summed E-state index contributed by atoms with van der Waals surface area (Å²) in [6, 6.07) is 16.0. The molecule has 2 amide bonds. The molecule has 1 heterocycles. The standard InChI is InChI=1S/C27H36N4O4/c1-30-14-16-31(17-15-30)27(34)28-13-7-6-12-25(26(32)33)29-19-35-18-24-22-10-4-2-8-20(22)21-9-3-5-11-23(21)24/h2-5,8-11,24-25,29H,6-7,12-19H2,1H3,(H,28,34)(H,32,33)/t25-/m0/s1. The Hall–Kier alpha value is -2.94. The van der Waals surface area contributed by atoms with E-state index in [4.69, 9.17) is 4.74 Å². The third kappa shape index (κ3) is 6.39. The zero-order valence-corrected chi connectivity index (χ0v) is 20.4. The van der Waals surface area contributed by atoms with Crippen molar-refractivity contribution in [2.45, 2.75) is 31.2 Å². The SMILES string of the molecule is CN1CCN(C(=O)NCCCC[C@H](NCOCC2c3ccccc3-c3ccccc32)C(=O)O)CC1. The van der Waals surface area contributed by atoms with Gasteiger partial charge in [-0.05, 0) is 48.6 Å². The lowest BCUT2D eigenvalue weighted by molar-refractivity contribution is -0.140. The molecule has 2 aliphatic rings. The van der Waals surface area contributed by atoms with E-state index in [0.717, 1.165) is 32.6 Å². The third-order valence-electron chi connectivity index (χ3n) is 6.96. The van der Waals surface area contributed by atoms with Crippen molar-refractivity contribution < 1.29 is 19.4 Å². The fourth-order valence-corrected chi connectivity index (χ4v) is 4.88. The van der Waals surface area contributed by atoms with Gasteiger partial charge in [0.25, 0.3) is 0 Å². The first-order valence-corrected chi connectivity index (χ1v) is 12.5. The van der Waals surface area contributed by atoms with Crippen molar-refractivity contribution in [3.63, 3.8) is 0 Å². The number of benzene rings is 2. The highest BCUT2D eigenvalue weighted by atomic mass is 16.5. The van der Waals surface area contributed by atoms with Crippen LogP contribution in [0.25, 0.3) is 11.1 Å². The number of carbonyl (C=O) groups is 2. The molecule has 3 N–H and O–H groups in total. The van der Waals surface area contributed by atoms with Gasteiger partial charge < -0.3 is 25.0 Å². The van der Waals surface area contributed by atoms with Crippen molar-refractivity contribution in [1.82, 2.24) is 20.4 Å². The number of nitrogens with zero attached hydrogens (tertiary/aromatic N) is 2. The fourth-order valence-electron chi connectivity index (χ4n) is 4.88. The third-order valence-corrected chi connectivity index (χ3v) is 6.96. The number of fused-ring (bicyclic) bond motifs is 3. The summed E-state index contributed by atoms with van der Waals surface area (Å²) in [5.74, 6) is -0.733. The maximum Gasteiger partial charge on any atom is 0.320 e. The molecule has 0 saturated carbocycles. The number of rotatable bonds is 11. The highest BCUT2D eigenvalue weighted by molar-refractivity contribution is 5.78. The second kappa shape index (κ2) is 12.2. The lowest BCUT2D eigenvalue weighted by atomic mass is 9.98. The number of piperazine rings is 1. The van der Waals surface area contributed by atoms with Gasteiger partial charge >= 0.3 is 12.0 Å². The topological polar surface area (TPSA) is 94.1 Å². The Kier molecular flexibility index (Phi) is 8.74. The molecule has 8 heteroatoms. The first kappa shape index (κ1) is 25.2. The van der Waals surface area contributed by atoms with Crippen LogP contribution in [-0.2, 0) is 9.53 Å². The van der Waals surface area contributed by atoms with Gasteiger partial charge in [0.15, 0.2) is 0 Å². The molecule has 2 aromatic carbocycles. The first-order valence-electron chi connectivity index (χ1n) is 12.5. The van der Waals surface area contributed by atoms with Crippen molar-refractivity contribution in [2.24, 2.45) is 0 Å². The Morgan fingerprint density at radius 1 is 1.00 bits per heavy atom. The molecule has 4 rings (SSSR count). The average molecular weight is 481 g/mol. The lowest BCUT2D eigenvalue weighted by Gasteiger charge is -2.32. The molecule has 35 heavy (non-hydrogen) atoms. The van der Waals surface area contributed by atoms with E-state index in [2.05, 4.69) is 59.0 Å². The smallest absolute Gasteiger partial charge is 0.320 e. The van der Waals surface area contributed by atoms with Crippen molar-refractivity contribution >= 4 is 12.0 Å². The van der Waals surface area contributed by atoms with Crippen LogP contribution in [0.15, 0.2) is 48.5 Å². The Bertz CT molecular complexity index is 961. The molecule has 1 aliphatic heterocycles. The number of nitrogens with one attached hydrogen (secondary N) is 2. The predicted molar refractivity (Wildman–Crippen MR) is 135 cm³/mol. The summed E-state index contributed by atoms with van der Waals surface area (Å²) in [4.78, 5) is 27.9.